The topological polar surface area (TPSA) is 91.7 Å². The lowest BCUT2D eigenvalue weighted by atomic mass is 9.97. The van der Waals surface area contributed by atoms with Crippen LogP contribution in [0, 0.1) is 5.92 Å². The molecular weight excluding hydrogens is 164 g/mol. The van der Waals surface area contributed by atoms with Crippen LogP contribution in [0.4, 0.5) is 0 Å². The Morgan fingerprint density at radius 1 is 1.25 bits per heavy atom. The third kappa shape index (κ3) is 3.14. The number of ketones is 1. The van der Waals surface area contributed by atoms with E-state index in [0.717, 1.165) is 0 Å². The van der Waals surface area contributed by atoms with Gasteiger partial charge in [0.1, 0.15) is 0 Å². The van der Waals surface area contributed by atoms with Crippen molar-refractivity contribution in [1.82, 2.24) is 0 Å². The average molecular weight is 174 g/mol. The smallest absolute Gasteiger partial charge is 0.372 e. The van der Waals surface area contributed by atoms with Gasteiger partial charge in [-0.3, -0.25) is 9.59 Å². The lowest BCUT2D eigenvalue weighted by Crippen LogP contribution is -2.24. The number of carboxylic acid groups (broad SMARTS) is 2. The quantitative estimate of drug-likeness (QED) is 0.578. The second-order valence-electron chi connectivity index (χ2n) is 2.37. The summed E-state index contributed by atoms with van der Waals surface area (Å²) in [5.41, 5.74) is 0. The van der Waals surface area contributed by atoms with Crippen LogP contribution in [-0.4, -0.2) is 27.9 Å². The van der Waals surface area contributed by atoms with E-state index in [-0.39, 0.29) is 6.42 Å². The van der Waals surface area contributed by atoms with Crippen LogP contribution in [0.2, 0.25) is 0 Å². The van der Waals surface area contributed by atoms with Gasteiger partial charge in [-0.2, -0.15) is 0 Å². The molecule has 12 heavy (non-hydrogen) atoms. The number of carbonyl (C=O) groups excluding carboxylic acids is 1. The lowest BCUT2D eigenvalue weighted by Gasteiger charge is -2.06. The second kappa shape index (κ2) is 4.48. The summed E-state index contributed by atoms with van der Waals surface area (Å²) in [6, 6.07) is 0. The van der Waals surface area contributed by atoms with Crippen LogP contribution in [0.1, 0.15) is 19.8 Å². The Hall–Kier alpha value is -1.39. The van der Waals surface area contributed by atoms with Crippen molar-refractivity contribution in [3.8, 4) is 0 Å². The summed E-state index contributed by atoms with van der Waals surface area (Å²) in [6.07, 6.45) is -0.181. The van der Waals surface area contributed by atoms with E-state index < -0.39 is 30.1 Å². The Kier molecular flexibility index (Phi) is 3.96. The number of hydrogen-bond donors (Lipinski definition) is 2. The van der Waals surface area contributed by atoms with Gasteiger partial charge in [-0.15, -0.1) is 0 Å². The Morgan fingerprint density at radius 3 is 2.00 bits per heavy atom. The molecule has 1 atom stereocenters. The van der Waals surface area contributed by atoms with E-state index >= 15 is 0 Å². The SMILES string of the molecule is CCC(CC(=O)O)C(=O)C(=O)O. The minimum Gasteiger partial charge on any atom is -0.481 e. The van der Waals surface area contributed by atoms with Gasteiger partial charge >= 0.3 is 11.9 Å². The van der Waals surface area contributed by atoms with Gasteiger partial charge in [0.25, 0.3) is 0 Å². The molecule has 5 nitrogen and oxygen atoms in total. The Balaban J connectivity index is 4.24. The van der Waals surface area contributed by atoms with Crippen LogP contribution in [0.25, 0.3) is 0 Å². The van der Waals surface area contributed by atoms with E-state index in [2.05, 4.69) is 0 Å². The Morgan fingerprint density at radius 2 is 1.75 bits per heavy atom. The highest BCUT2D eigenvalue weighted by Crippen LogP contribution is 2.09. The van der Waals surface area contributed by atoms with Crippen molar-refractivity contribution < 1.29 is 24.6 Å². The maximum absolute atomic E-state index is 10.7. The molecule has 0 saturated carbocycles. The van der Waals surface area contributed by atoms with E-state index in [1.807, 2.05) is 0 Å². The predicted octanol–water partition coefficient (Wildman–Crippen LogP) is 0.141. The maximum Gasteiger partial charge on any atom is 0.372 e. The molecule has 0 radical (unpaired) electrons. The zero-order chi connectivity index (χ0) is 9.72. The van der Waals surface area contributed by atoms with Gasteiger partial charge in [0.05, 0.1) is 6.42 Å². The summed E-state index contributed by atoms with van der Waals surface area (Å²) in [7, 11) is 0. The number of carbonyl (C=O) groups is 3. The van der Waals surface area contributed by atoms with Gasteiger partial charge in [0.2, 0.25) is 5.78 Å². The second-order valence-corrected chi connectivity index (χ2v) is 2.37. The fraction of sp³-hybridized carbons (Fsp3) is 0.571. The molecule has 1 unspecified atom stereocenters. The number of rotatable bonds is 5. The molecule has 0 rings (SSSR count). The minimum absolute atomic E-state index is 0.234. The predicted molar refractivity (Wildman–Crippen MR) is 38.7 cm³/mol. The molecule has 0 amide bonds. The molecule has 0 heterocycles. The van der Waals surface area contributed by atoms with Crippen molar-refractivity contribution >= 4 is 17.7 Å². The number of carboxylic acids is 2. The third-order valence-electron chi connectivity index (χ3n) is 1.50. The number of hydrogen-bond acceptors (Lipinski definition) is 3. The molecule has 0 fully saturated rings. The number of aliphatic carboxylic acids is 2. The highest BCUT2D eigenvalue weighted by atomic mass is 16.4. The average Bonchev–Trinajstić information content (AvgIpc) is 1.98. The van der Waals surface area contributed by atoms with Crippen LogP contribution in [0.5, 0.6) is 0 Å². The first-order chi connectivity index (χ1) is 5.49. The zero-order valence-corrected chi connectivity index (χ0v) is 6.61. The summed E-state index contributed by atoms with van der Waals surface area (Å²) in [5.74, 6) is -4.65. The van der Waals surface area contributed by atoms with Gasteiger partial charge < -0.3 is 10.2 Å². The van der Waals surface area contributed by atoms with Gasteiger partial charge in [0, 0.05) is 5.92 Å². The van der Waals surface area contributed by atoms with Gasteiger partial charge in [-0.25, -0.2) is 4.79 Å². The van der Waals surface area contributed by atoms with Crippen molar-refractivity contribution in [2.45, 2.75) is 19.8 Å². The molecule has 0 aromatic carbocycles. The van der Waals surface area contributed by atoms with Crippen molar-refractivity contribution in [3.63, 3.8) is 0 Å². The molecule has 0 spiro atoms. The molecule has 0 aromatic heterocycles. The van der Waals surface area contributed by atoms with Crippen molar-refractivity contribution in [2.75, 3.05) is 0 Å². The molecule has 5 heteroatoms. The van der Waals surface area contributed by atoms with Gasteiger partial charge in [0.15, 0.2) is 0 Å². The highest BCUT2D eigenvalue weighted by molar-refractivity contribution is 6.33. The van der Waals surface area contributed by atoms with Crippen molar-refractivity contribution in [1.29, 1.82) is 0 Å². The van der Waals surface area contributed by atoms with E-state index in [9.17, 15) is 14.4 Å². The summed E-state index contributed by atoms with van der Waals surface area (Å²) < 4.78 is 0. The highest BCUT2D eigenvalue weighted by Gasteiger charge is 2.25. The van der Waals surface area contributed by atoms with Crippen LogP contribution in [0.15, 0.2) is 0 Å². The first-order valence-corrected chi connectivity index (χ1v) is 3.48. The molecule has 0 aliphatic rings. The number of Topliss-reactive ketones (excluding diaryl/α,β-unsaturated/α-hetero) is 1. The van der Waals surface area contributed by atoms with Crippen LogP contribution >= 0.6 is 0 Å². The summed E-state index contributed by atoms with van der Waals surface area (Å²) in [5, 5.41) is 16.6. The standard InChI is InChI=1S/C7H10O5/c1-2-4(3-5(8)9)6(10)7(11)12/h4H,2-3H2,1H3,(H,8,9)(H,11,12). The third-order valence-corrected chi connectivity index (χ3v) is 1.50. The normalized spacial score (nSPS) is 12.1. The lowest BCUT2D eigenvalue weighted by molar-refractivity contribution is -0.152. The first-order valence-electron chi connectivity index (χ1n) is 3.48. The summed E-state index contributed by atoms with van der Waals surface area (Å²) in [6.45, 7) is 1.58. The van der Waals surface area contributed by atoms with E-state index in [4.69, 9.17) is 10.2 Å². The van der Waals surface area contributed by atoms with E-state index in [1.54, 1.807) is 6.92 Å². The van der Waals surface area contributed by atoms with Crippen LogP contribution in [0.3, 0.4) is 0 Å². The van der Waals surface area contributed by atoms with E-state index in [0.29, 0.717) is 0 Å². The monoisotopic (exact) mass is 174 g/mol. The fourth-order valence-electron chi connectivity index (χ4n) is 0.808. The maximum atomic E-state index is 10.7. The molecule has 0 bridgehead atoms. The molecule has 0 saturated heterocycles. The Labute approximate surface area is 69.0 Å². The minimum atomic E-state index is -1.57. The van der Waals surface area contributed by atoms with Crippen molar-refractivity contribution in [3.05, 3.63) is 0 Å². The molecule has 0 aliphatic heterocycles. The van der Waals surface area contributed by atoms with Gasteiger partial charge in [-0.1, -0.05) is 6.92 Å². The molecule has 0 aromatic rings. The van der Waals surface area contributed by atoms with Crippen LogP contribution in [-0.2, 0) is 14.4 Å². The van der Waals surface area contributed by atoms with Crippen molar-refractivity contribution in [2.24, 2.45) is 5.92 Å². The zero-order valence-electron chi connectivity index (χ0n) is 6.61. The first kappa shape index (κ1) is 10.6. The van der Waals surface area contributed by atoms with E-state index in [1.165, 1.54) is 0 Å². The molecule has 68 valence electrons. The molecular formula is C7H10O5. The molecule has 2 N–H and O–H groups in total. The Bertz CT molecular complexity index is 208. The summed E-state index contributed by atoms with van der Waals surface area (Å²) in [4.78, 5) is 31.0. The summed E-state index contributed by atoms with van der Waals surface area (Å²) >= 11 is 0. The fourth-order valence-corrected chi connectivity index (χ4v) is 0.808. The molecule has 0 aliphatic carbocycles. The largest absolute Gasteiger partial charge is 0.481 e. The van der Waals surface area contributed by atoms with Crippen LogP contribution < -0.4 is 0 Å². The van der Waals surface area contributed by atoms with Gasteiger partial charge in [-0.05, 0) is 6.42 Å².